The number of aromatic carboxylic acids is 1. The molecule has 0 saturated carbocycles. The van der Waals surface area contributed by atoms with Crippen molar-refractivity contribution in [1.82, 2.24) is 15.0 Å². The number of aryl methyl sites for hydroxylation is 1. The van der Waals surface area contributed by atoms with E-state index in [1.807, 2.05) is 24.3 Å². The quantitative estimate of drug-likeness (QED) is 0.340. The lowest BCUT2D eigenvalue weighted by molar-refractivity contribution is 0.0693. The van der Waals surface area contributed by atoms with Gasteiger partial charge in [0.1, 0.15) is 11.6 Å². The average Bonchev–Trinajstić information content (AvgIpc) is 3.14. The first kappa shape index (κ1) is 24.6. The van der Waals surface area contributed by atoms with Gasteiger partial charge in [-0.1, -0.05) is 51.5 Å². The summed E-state index contributed by atoms with van der Waals surface area (Å²) in [4.78, 5) is 23.8. The van der Waals surface area contributed by atoms with E-state index in [1.165, 1.54) is 5.56 Å². The van der Waals surface area contributed by atoms with Gasteiger partial charge >= 0.3 is 12.0 Å². The van der Waals surface area contributed by atoms with Crippen LogP contribution in [0.25, 0.3) is 0 Å². The monoisotopic (exact) mass is 448 g/mol. The first-order chi connectivity index (χ1) is 14.9. The van der Waals surface area contributed by atoms with Gasteiger partial charge in [0.15, 0.2) is 5.56 Å². The number of amides is 2. The van der Waals surface area contributed by atoms with Crippen molar-refractivity contribution < 1.29 is 19.4 Å². The Bertz CT molecular complexity index is 837. The molecule has 1 aromatic heterocycles. The third-order valence-electron chi connectivity index (χ3n) is 4.60. The van der Waals surface area contributed by atoms with Crippen molar-refractivity contribution in [3.05, 3.63) is 41.0 Å². The first-order valence-corrected chi connectivity index (χ1v) is 11.4. The molecule has 0 radical (unpaired) electrons. The number of hydrogen-bond donors (Lipinski definition) is 4. The second-order valence-corrected chi connectivity index (χ2v) is 8.28. The normalized spacial score (nSPS) is 10.8. The Hall–Kier alpha value is -2.65. The van der Waals surface area contributed by atoms with E-state index in [2.05, 4.69) is 41.1 Å². The van der Waals surface area contributed by atoms with Crippen LogP contribution in [0.15, 0.2) is 24.3 Å². The van der Waals surface area contributed by atoms with Gasteiger partial charge in [0.05, 0.1) is 0 Å². The van der Waals surface area contributed by atoms with Crippen LogP contribution >= 0.6 is 11.5 Å². The Labute approximate surface area is 187 Å². The summed E-state index contributed by atoms with van der Waals surface area (Å²) >= 11 is 0.891. The van der Waals surface area contributed by atoms with Crippen LogP contribution in [-0.2, 0) is 13.0 Å². The molecule has 0 spiro atoms. The Kier molecular flexibility index (Phi) is 10.3. The summed E-state index contributed by atoms with van der Waals surface area (Å²) in [5, 5.41) is 18.4. The molecule has 0 atom stereocenters. The van der Waals surface area contributed by atoms with Crippen molar-refractivity contribution in [1.29, 1.82) is 0 Å². The number of carbonyl (C=O) groups excluding carboxylic acids is 1. The van der Waals surface area contributed by atoms with Gasteiger partial charge in [-0.3, -0.25) is 5.32 Å². The lowest BCUT2D eigenvalue weighted by atomic mass is 10.1. The highest BCUT2D eigenvalue weighted by Gasteiger charge is 2.23. The minimum atomic E-state index is -1.20. The van der Waals surface area contributed by atoms with E-state index in [0.29, 0.717) is 12.6 Å². The molecule has 0 aliphatic carbocycles. The van der Waals surface area contributed by atoms with Crippen LogP contribution in [0.4, 0.5) is 9.80 Å². The fourth-order valence-corrected chi connectivity index (χ4v) is 3.56. The molecular weight excluding hydrogens is 416 g/mol. The van der Waals surface area contributed by atoms with Crippen LogP contribution < -0.4 is 20.7 Å². The summed E-state index contributed by atoms with van der Waals surface area (Å²) in [6.07, 6.45) is 3.84. The van der Waals surface area contributed by atoms with E-state index in [9.17, 15) is 14.7 Å². The van der Waals surface area contributed by atoms with Crippen LogP contribution in [0.2, 0.25) is 0 Å². The lowest BCUT2D eigenvalue weighted by Gasteiger charge is -2.09. The van der Waals surface area contributed by atoms with Gasteiger partial charge in [-0.15, -0.1) is 0 Å². The summed E-state index contributed by atoms with van der Waals surface area (Å²) in [7, 11) is 0. The standard InChI is InChI=1S/C22H32N4O4S/c1-4-16-8-10-17(11-9-16)14-30-19-18(21(27)28)20(31-26-19)25-22(29)24-13-7-5-6-12-23-15(2)3/h8-11,15,23H,4-7,12-14H2,1-3H3,(H,27,28)(H2,24,25,29). The van der Waals surface area contributed by atoms with Gasteiger partial charge < -0.3 is 20.5 Å². The van der Waals surface area contributed by atoms with Gasteiger partial charge in [0.25, 0.3) is 0 Å². The molecule has 0 saturated heterocycles. The minimum Gasteiger partial charge on any atom is -0.477 e. The van der Waals surface area contributed by atoms with E-state index in [4.69, 9.17) is 4.74 Å². The molecule has 1 heterocycles. The number of carboxylic acid groups (broad SMARTS) is 1. The first-order valence-electron chi connectivity index (χ1n) is 10.6. The predicted molar refractivity (Wildman–Crippen MR) is 123 cm³/mol. The minimum absolute atomic E-state index is 0.00465. The van der Waals surface area contributed by atoms with Crippen LogP contribution in [0, 0.1) is 0 Å². The molecule has 31 heavy (non-hydrogen) atoms. The largest absolute Gasteiger partial charge is 0.477 e. The molecule has 0 bridgehead atoms. The fraction of sp³-hybridized carbons (Fsp3) is 0.500. The second-order valence-electron chi connectivity index (χ2n) is 7.51. The number of ether oxygens (including phenoxy) is 1. The molecule has 9 heteroatoms. The van der Waals surface area contributed by atoms with E-state index in [-0.39, 0.29) is 23.1 Å². The van der Waals surface area contributed by atoms with Crippen LogP contribution in [0.3, 0.4) is 0 Å². The number of nitrogens with zero attached hydrogens (tertiary/aromatic N) is 1. The number of aromatic nitrogens is 1. The number of urea groups is 1. The van der Waals surface area contributed by atoms with Crippen molar-refractivity contribution in [2.24, 2.45) is 0 Å². The van der Waals surface area contributed by atoms with Gasteiger partial charge in [0.2, 0.25) is 5.88 Å². The zero-order valence-corrected chi connectivity index (χ0v) is 19.2. The van der Waals surface area contributed by atoms with Gasteiger partial charge in [-0.2, -0.15) is 4.37 Å². The van der Waals surface area contributed by atoms with E-state index in [1.54, 1.807) is 0 Å². The highest BCUT2D eigenvalue weighted by Crippen LogP contribution is 2.31. The smallest absolute Gasteiger partial charge is 0.344 e. The van der Waals surface area contributed by atoms with Crippen molar-refractivity contribution >= 4 is 28.5 Å². The topological polar surface area (TPSA) is 113 Å². The molecule has 0 aliphatic rings. The number of hydrogen-bond acceptors (Lipinski definition) is 6. The predicted octanol–water partition coefficient (Wildman–Crippen LogP) is 4.27. The Morgan fingerprint density at radius 1 is 1.10 bits per heavy atom. The SMILES string of the molecule is CCc1ccc(COc2nsc(NC(=O)NCCCCCNC(C)C)c2C(=O)O)cc1. The Balaban J connectivity index is 1.82. The van der Waals surface area contributed by atoms with E-state index in [0.717, 1.165) is 49.3 Å². The van der Waals surface area contributed by atoms with Gasteiger partial charge in [-0.05, 0) is 48.5 Å². The van der Waals surface area contributed by atoms with Gasteiger partial charge in [-0.25, -0.2) is 9.59 Å². The zero-order valence-electron chi connectivity index (χ0n) is 18.4. The average molecular weight is 449 g/mol. The second kappa shape index (κ2) is 12.9. The summed E-state index contributed by atoms with van der Waals surface area (Å²) in [5.74, 6) is -1.19. The summed E-state index contributed by atoms with van der Waals surface area (Å²) in [6, 6.07) is 7.93. The molecule has 0 fully saturated rings. The molecule has 0 unspecified atom stereocenters. The number of rotatable bonds is 13. The lowest BCUT2D eigenvalue weighted by Crippen LogP contribution is -2.30. The van der Waals surface area contributed by atoms with Crippen molar-refractivity contribution in [3.63, 3.8) is 0 Å². The molecule has 1 aromatic carbocycles. The highest BCUT2D eigenvalue weighted by atomic mass is 32.1. The van der Waals surface area contributed by atoms with Crippen LogP contribution in [0.5, 0.6) is 5.88 Å². The number of nitrogens with one attached hydrogen (secondary N) is 3. The number of carboxylic acids is 1. The van der Waals surface area contributed by atoms with Crippen molar-refractivity contribution in [2.45, 2.75) is 59.1 Å². The zero-order chi connectivity index (χ0) is 22.6. The van der Waals surface area contributed by atoms with E-state index >= 15 is 0 Å². The Morgan fingerprint density at radius 3 is 2.42 bits per heavy atom. The van der Waals surface area contributed by atoms with E-state index < -0.39 is 12.0 Å². The number of carbonyl (C=O) groups is 2. The highest BCUT2D eigenvalue weighted by molar-refractivity contribution is 7.11. The molecule has 0 aliphatic heterocycles. The molecule has 170 valence electrons. The van der Waals surface area contributed by atoms with Crippen molar-refractivity contribution in [2.75, 3.05) is 18.4 Å². The maximum absolute atomic E-state index is 12.1. The summed E-state index contributed by atoms with van der Waals surface area (Å²) in [5.41, 5.74) is 2.00. The summed E-state index contributed by atoms with van der Waals surface area (Å²) < 4.78 is 9.69. The summed E-state index contributed by atoms with van der Waals surface area (Å²) in [6.45, 7) is 7.97. The number of anilines is 1. The van der Waals surface area contributed by atoms with Crippen LogP contribution in [-0.4, -0.2) is 40.6 Å². The van der Waals surface area contributed by atoms with Crippen LogP contribution in [0.1, 0.15) is 61.5 Å². The Morgan fingerprint density at radius 2 is 1.77 bits per heavy atom. The molecule has 2 aromatic rings. The third kappa shape index (κ3) is 8.55. The fourth-order valence-electron chi connectivity index (χ4n) is 2.84. The maximum atomic E-state index is 12.1. The molecule has 8 nitrogen and oxygen atoms in total. The maximum Gasteiger partial charge on any atom is 0.344 e. The molecule has 2 rings (SSSR count). The van der Waals surface area contributed by atoms with Crippen molar-refractivity contribution in [3.8, 4) is 5.88 Å². The molecule has 2 amide bonds. The number of unbranched alkanes of at least 4 members (excludes halogenated alkanes) is 2. The molecule has 4 N–H and O–H groups in total. The third-order valence-corrected chi connectivity index (χ3v) is 5.35. The van der Waals surface area contributed by atoms with Gasteiger partial charge in [0, 0.05) is 12.6 Å². The number of benzene rings is 1. The molecular formula is C22H32N4O4S.